The quantitative estimate of drug-likeness (QED) is 0.162. The molecule has 1 fully saturated rings. The fraction of sp³-hybridized carbons (Fsp3) is 0.296. The maximum absolute atomic E-state index is 6.39. The smallest absolute Gasteiger partial charge is 0.0349 e. The molecule has 0 bridgehead atoms. The van der Waals surface area contributed by atoms with E-state index in [1.165, 1.54) is 73.7 Å². The first kappa shape index (κ1) is 36.8. The van der Waals surface area contributed by atoms with Gasteiger partial charge in [0.2, 0.25) is 0 Å². The Morgan fingerprint density at radius 1 is 0.927 bits per heavy atom. The van der Waals surface area contributed by atoms with Crippen molar-refractivity contribution < 1.29 is 0 Å². The predicted molar refractivity (Wildman–Crippen MR) is 238 cm³/mol. The fourth-order valence-corrected chi connectivity index (χ4v) is 9.92. The number of hydrogen-bond acceptors (Lipinski definition) is 1. The Balaban J connectivity index is 1.10. The van der Waals surface area contributed by atoms with Gasteiger partial charge in [-0.1, -0.05) is 161 Å². The summed E-state index contributed by atoms with van der Waals surface area (Å²) in [7, 11) is 0. The van der Waals surface area contributed by atoms with E-state index >= 15 is 0 Å². The minimum absolute atomic E-state index is 0.347. The maximum atomic E-state index is 6.39. The summed E-state index contributed by atoms with van der Waals surface area (Å²) < 4.78 is 0. The lowest BCUT2D eigenvalue weighted by atomic mass is 9.59. The molecule has 0 spiro atoms. The molecule has 4 aromatic rings. The number of benzene rings is 4. The second-order valence-electron chi connectivity index (χ2n) is 16.5. The van der Waals surface area contributed by atoms with Gasteiger partial charge >= 0.3 is 0 Å². The van der Waals surface area contributed by atoms with Crippen molar-refractivity contribution in [2.45, 2.75) is 96.3 Å². The molecular weight excluding hydrogens is 663 g/mol. The second kappa shape index (κ2) is 15.9. The molecule has 1 saturated carbocycles. The number of aryl methyl sites for hydroxylation is 1. The molecule has 4 aromatic carbocycles. The van der Waals surface area contributed by atoms with Gasteiger partial charge < -0.3 is 5.73 Å². The van der Waals surface area contributed by atoms with Crippen molar-refractivity contribution >= 4 is 35.6 Å². The van der Waals surface area contributed by atoms with Crippen LogP contribution in [0, 0.1) is 5.92 Å². The van der Waals surface area contributed by atoms with Crippen LogP contribution in [0.15, 0.2) is 133 Å². The lowest BCUT2D eigenvalue weighted by Crippen LogP contribution is -2.30. The lowest BCUT2D eigenvalue weighted by molar-refractivity contribution is 0.324. The van der Waals surface area contributed by atoms with Crippen LogP contribution in [0.3, 0.4) is 0 Å². The first-order chi connectivity index (χ1) is 26.8. The van der Waals surface area contributed by atoms with Crippen molar-refractivity contribution in [3.8, 4) is 0 Å². The molecule has 4 aliphatic carbocycles. The van der Waals surface area contributed by atoms with Crippen LogP contribution in [-0.2, 0) is 6.42 Å². The molecule has 4 aliphatic rings. The SMILES string of the molecule is C=c1c2c(cc/c1=C/C=C(\CCC)C1=CC(c3ccc4c(c3)C(C)=C(c3ccccc3CCC(C)c3ccccc3N)C3CCC43)CC=C1)C=CC=CC2C. The average molecular weight is 720 g/mol. The van der Waals surface area contributed by atoms with Crippen molar-refractivity contribution in [2.24, 2.45) is 5.92 Å². The third kappa shape index (κ3) is 7.22. The average Bonchev–Trinajstić information content (AvgIpc) is 3.38. The molecule has 8 rings (SSSR count). The van der Waals surface area contributed by atoms with Crippen molar-refractivity contribution in [3.05, 3.63) is 187 Å². The molecule has 0 heterocycles. The second-order valence-corrected chi connectivity index (χ2v) is 16.5. The summed E-state index contributed by atoms with van der Waals surface area (Å²) in [4.78, 5) is 0. The summed E-state index contributed by atoms with van der Waals surface area (Å²) in [5.74, 6) is 2.34. The molecule has 0 aliphatic heterocycles. The highest BCUT2D eigenvalue weighted by atomic mass is 14.6. The first-order valence-corrected chi connectivity index (χ1v) is 20.9. The topological polar surface area (TPSA) is 26.0 Å². The number of rotatable bonds is 10. The molecule has 2 N–H and O–H groups in total. The Bertz CT molecular complexity index is 2410. The van der Waals surface area contributed by atoms with E-state index in [0.717, 1.165) is 43.0 Å². The Kier molecular flexibility index (Phi) is 10.7. The van der Waals surface area contributed by atoms with E-state index in [9.17, 15) is 0 Å². The number of nitrogens with two attached hydrogens (primary N) is 1. The molecule has 55 heavy (non-hydrogen) atoms. The van der Waals surface area contributed by atoms with E-state index in [1.807, 2.05) is 12.1 Å². The summed E-state index contributed by atoms with van der Waals surface area (Å²) in [5.41, 5.74) is 24.4. The summed E-state index contributed by atoms with van der Waals surface area (Å²) >= 11 is 0. The molecule has 0 saturated heterocycles. The Hall–Kier alpha value is -5.14. The van der Waals surface area contributed by atoms with Gasteiger partial charge in [0.25, 0.3) is 0 Å². The van der Waals surface area contributed by atoms with Gasteiger partial charge in [0.1, 0.15) is 0 Å². The van der Waals surface area contributed by atoms with E-state index in [2.05, 4.69) is 156 Å². The molecule has 5 atom stereocenters. The molecular formula is C54H57N. The summed E-state index contributed by atoms with van der Waals surface area (Å²) in [6, 6.07) is 29.6. The van der Waals surface area contributed by atoms with Crippen molar-refractivity contribution in [1.82, 2.24) is 0 Å². The third-order valence-electron chi connectivity index (χ3n) is 13.1. The van der Waals surface area contributed by atoms with Crippen molar-refractivity contribution in [2.75, 3.05) is 5.73 Å². The fourth-order valence-electron chi connectivity index (χ4n) is 9.92. The van der Waals surface area contributed by atoms with Crippen LogP contribution in [0.1, 0.15) is 134 Å². The zero-order chi connectivity index (χ0) is 38.1. The normalized spacial score (nSPS) is 22.4. The lowest BCUT2D eigenvalue weighted by Gasteiger charge is -2.45. The van der Waals surface area contributed by atoms with E-state index < -0.39 is 0 Å². The predicted octanol–water partition coefficient (Wildman–Crippen LogP) is 12.7. The highest BCUT2D eigenvalue weighted by Crippen LogP contribution is 2.57. The zero-order valence-corrected chi connectivity index (χ0v) is 33.3. The van der Waals surface area contributed by atoms with Gasteiger partial charge in [-0.3, -0.25) is 0 Å². The van der Waals surface area contributed by atoms with Gasteiger partial charge in [-0.25, -0.2) is 0 Å². The van der Waals surface area contributed by atoms with E-state index in [0.29, 0.717) is 29.6 Å². The van der Waals surface area contributed by atoms with Crippen LogP contribution < -0.4 is 16.2 Å². The van der Waals surface area contributed by atoms with Crippen LogP contribution in [0.2, 0.25) is 0 Å². The van der Waals surface area contributed by atoms with E-state index in [4.69, 9.17) is 5.73 Å². The summed E-state index contributed by atoms with van der Waals surface area (Å²) in [6.45, 7) is 13.8. The minimum Gasteiger partial charge on any atom is -0.398 e. The Morgan fingerprint density at radius 2 is 1.75 bits per heavy atom. The standard InChI is InChI=1S/C54H57N/c1-6-14-40(27-25-39-26-28-42-17-8-7-15-36(3)53(42)37(39)4)43-18-13-19-44(33-43)45-29-30-49-48-31-32-50(48)54(38(5)51(49)34-45)47-21-10-9-16-41(47)24-23-35(2)46-20-11-12-22-52(46)55/h7-13,15-18,20-22,25-30,33-36,44,48,50H,4,6,14,19,23-24,31-32,55H2,1-3,5H3/b39-25-,40-27+. The van der Waals surface area contributed by atoms with Gasteiger partial charge in [0.05, 0.1) is 0 Å². The third-order valence-corrected chi connectivity index (χ3v) is 13.1. The zero-order valence-electron chi connectivity index (χ0n) is 33.3. The van der Waals surface area contributed by atoms with Gasteiger partial charge in [-0.15, -0.1) is 0 Å². The molecule has 5 unspecified atom stereocenters. The molecule has 1 heteroatoms. The van der Waals surface area contributed by atoms with Gasteiger partial charge in [0.15, 0.2) is 0 Å². The highest BCUT2D eigenvalue weighted by molar-refractivity contribution is 5.95. The maximum Gasteiger partial charge on any atom is 0.0349 e. The van der Waals surface area contributed by atoms with Crippen LogP contribution in [0.25, 0.3) is 29.9 Å². The molecule has 1 nitrogen and oxygen atoms in total. The Morgan fingerprint density at radius 3 is 2.56 bits per heavy atom. The monoisotopic (exact) mass is 719 g/mol. The Labute approximate surface area is 329 Å². The van der Waals surface area contributed by atoms with Crippen LogP contribution in [0.4, 0.5) is 5.69 Å². The number of allylic oxidation sites excluding steroid dienone is 11. The van der Waals surface area contributed by atoms with Crippen molar-refractivity contribution in [3.63, 3.8) is 0 Å². The molecule has 278 valence electrons. The number of hydrogen-bond donors (Lipinski definition) is 1. The number of nitrogen functional groups attached to an aromatic ring is 1. The van der Waals surface area contributed by atoms with Gasteiger partial charge in [-0.2, -0.15) is 0 Å². The minimum atomic E-state index is 0.347. The van der Waals surface area contributed by atoms with Crippen LogP contribution in [0.5, 0.6) is 0 Å². The van der Waals surface area contributed by atoms with Gasteiger partial charge in [-0.05, 0) is 147 Å². The number of anilines is 1. The van der Waals surface area contributed by atoms with Crippen LogP contribution >= 0.6 is 0 Å². The number of para-hydroxylation sites is 1. The van der Waals surface area contributed by atoms with E-state index in [-0.39, 0.29) is 0 Å². The van der Waals surface area contributed by atoms with Crippen molar-refractivity contribution in [1.29, 1.82) is 0 Å². The highest BCUT2D eigenvalue weighted by Gasteiger charge is 2.41. The largest absolute Gasteiger partial charge is 0.398 e. The molecule has 0 amide bonds. The van der Waals surface area contributed by atoms with Crippen LogP contribution in [-0.4, -0.2) is 0 Å². The summed E-state index contributed by atoms with van der Waals surface area (Å²) in [6.07, 6.45) is 28.6. The first-order valence-electron chi connectivity index (χ1n) is 20.9. The number of fused-ring (bicyclic) bond motifs is 4. The molecule has 0 radical (unpaired) electrons. The van der Waals surface area contributed by atoms with E-state index in [1.54, 1.807) is 11.1 Å². The van der Waals surface area contributed by atoms with Gasteiger partial charge in [0, 0.05) is 17.5 Å². The molecule has 0 aromatic heterocycles. The summed E-state index contributed by atoms with van der Waals surface area (Å²) in [5, 5.41) is 2.35.